The number of rotatable bonds is 2. The smallest absolute Gasteiger partial charge is 0.276 e. The Morgan fingerprint density at radius 1 is 1.38 bits per heavy atom. The van der Waals surface area contributed by atoms with Gasteiger partial charge >= 0.3 is 0 Å². The Morgan fingerprint density at radius 3 is 2.81 bits per heavy atom. The van der Waals surface area contributed by atoms with E-state index in [2.05, 4.69) is 25.7 Å². The van der Waals surface area contributed by atoms with E-state index in [1.807, 2.05) is 0 Å². The quantitative estimate of drug-likeness (QED) is 0.793. The normalized spacial score (nSPS) is 19.0. The lowest BCUT2D eigenvalue weighted by molar-refractivity contribution is -0.111. The molecule has 0 radical (unpaired) electrons. The third kappa shape index (κ3) is 2.20. The topological polar surface area (TPSA) is 86.5 Å². The van der Waals surface area contributed by atoms with Gasteiger partial charge in [0, 0.05) is 35.7 Å². The van der Waals surface area contributed by atoms with Crippen molar-refractivity contribution in [3.63, 3.8) is 0 Å². The predicted octanol–water partition coefficient (Wildman–Crippen LogP) is 2.15. The molecule has 0 aromatic carbocycles. The molecule has 1 aliphatic rings. The maximum atomic E-state index is 14.2. The Bertz CT molecular complexity index is 675. The monoisotopic (exact) mass is 295 g/mol. The number of aromatic amines is 2. The van der Waals surface area contributed by atoms with Gasteiger partial charge in [-0.25, -0.2) is 8.78 Å². The predicted molar refractivity (Wildman–Crippen MR) is 71.3 cm³/mol. The first-order valence-electron chi connectivity index (χ1n) is 6.54. The summed E-state index contributed by atoms with van der Waals surface area (Å²) < 4.78 is 28.3. The molecule has 0 unspecified atom stereocenters. The molecular weight excluding hydrogens is 280 g/mol. The maximum absolute atomic E-state index is 14.2. The lowest BCUT2D eigenvalue weighted by Gasteiger charge is -2.37. The highest BCUT2D eigenvalue weighted by atomic mass is 19.3. The molecule has 6 nitrogen and oxygen atoms in total. The average Bonchev–Trinajstić information content (AvgIpc) is 2.98. The van der Waals surface area contributed by atoms with Crippen LogP contribution in [0.4, 0.5) is 14.5 Å². The standard InChI is InChI=1S/C13H15F2N5O/c1-12(2)4-9-8(3-13(12,14)15)10(20-19-9)11(21)18-7-5-16-17-6-7/h5-6H,3-4H2,1-2H3,(H,16,17)(H,18,21)(H,19,20). The Kier molecular flexibility index (Phi) is 2.86. The van der Waals surface area contributed by atoms with E-state index < -0.39 is 23.7 Å². The van der Waals surface area contributed by atoms with E-state index in [0.29, 0.717) is 16.9 Å². The molecule has 8 heteroatoms. The van der Waals surface area contributed by atoms with Gasteiger partial charge in [-0.2, -0.15) is 10.2 Å². The summed E-state index contributed by atoms with van der Waals surface area (Å²) in [5, 5.41) is 15.4. The number of carbonyl (C=O) groups is 1. The molecule has 0 atom stereocenters. The molecule has 0 aliphatic heterocycles. The molecule has 0 fully saturated rings. The van der Waals surface area contributed by atoms with Gasteiger partial charge in [0.05, 0.1) is 11.9 Å². The summed E-state index contributed by atoms with van der Waals surface area (Å²) >= 11 is 0. The number of alkyl halides is 2. The molecule has 0 saturated carbocycles. The molecule has 112 valence electrons. The zero-order valence-electron chi connectivity index (χ0n) is 11.6. The molecular formula is C13H15F2N5O. The van der Waals surface area contributed by atoms with Crippen LogP contribution in [-0.4, -0.2) is 32.2 Å². The average molecular weight is 295 g/mol. The Morgan fingerprint density at radius 2 is 2.14 bits per heavy atom. The number of anilines is 1. The van der Waals surface area contributed by atoms with Crippen LogP contribution in [0.2, 0.25) is 0 Å². The first kappa shape index (κ1) is 13.7. The van der Waals surface area contributed by atoms with Crippen molar-refractivity contribution in [1.29, 1.82) is 0 Å². The van der Waals surface area contributed by atoms with E-state index in [0.717, 1.165) is 0 Å². The Balaban J connectivity index is 1.91. The van der Waals surface area contributed by atoms with E-state index in [-0.39, 0.29) is 12.1 Å². The molecule has 0 saturated heterocycles. The van der Waals surface area contributed by atoms with Crippen molar-refractivity contribution in [2.24, 2.45) is 5.41 Å². The second kappa shape index (κ2) is 4.37. The van der Waals surface area contributed by atoms with Crippen LogP contribution in [0.5, 0.6) is 0 Å². The first-order valence-corrected chi connectivity index (χ1v) is 6.54. The van der Waals surface area contributed by atoms with Crippen LogP contribution in [0.15, 0.2) is 12.4 Å². The van der Waals surface area contributed by atoms with Gasteiger partial charge in [0.15, 0.2) is 5.69 Å². The Hall–Kier alpha value is -2.25. The minimum atomic E-state index is -2.88. The lowest BCUT2D eigenvalue weighted by Crippen LogP contribution is -2.44. The van der Waals surface area contributed by atoms with E-state index >= 15 is 0 Å². The molecule has 1 aliphatic carbocycles. The fraction of sp³-hybridized carbons (Fsp3) is 0.462. The number of hydrogen-bond acceptors (Lipinski definition) is 3. The van der Waals surface area contributed by atoms with Gasteiger partial charge in [-0.15, -0.1) is 0 Å². The van der Waals surface area contributed by atoms with Gasteiger partial charge in [-0.1, -0.05) is 13.8 Å². The molecule has 2 heterocycles. The van der Waals surface area contributed by atoms with Crippen molar-refractivity contribution in [2.75, 3.05) is 5.32 Å². The van der Waals surface area contributed by atoms with Gasteiger partial charge in [-0.3, -0.25) is 15.0 Å². The summed E-state index contributed by atoms with van der Waals surface area (Å²) in [5.41, 5.74) is 0.204. The second-order valence-electron chi connectivity index (χ2n) is 5.91. The van der Waals surface area contributed by atoms with Crippen molar-refractivity contribution >= 4 is 11.6 Å². The highest BCUT2D eigenvalue weighted by Gasteiger charge is 2.51. The number of fused-ring (bicyclic) bond motifs is 1. The molecule has 3 N–H and O–H groups in total. The van der Waals surface area contributed by atoms with Crippen LogP contribution >= 0.6 is 0 Å². The highest BCUT2D eigenvalue weighted by Crippen LogP contribution is 2.46. The molecule has 2 aromatic heterocycles. The maximum Gasteiger partial charge on any atom is 0.276 e. The zero-order valence-corrected chi connectivity index (χ0v) is 11.6. The van der Waals surface area contributed by atoms with Crippen LogP contribution < -0.4 is 5.32 Å². The number of carbonyl (C=O) groups excluding carboxylic acids is 1. The highest BCUT2D eigenvalue weighted by molar-refractivity contribution is 6.03. The van der Waals surface area contributed by atoms with E-state index in [1.54, 1.807) is 0 Å². The summed E-state index contributed by atoms with van der Waals surface area (Å²) in [4.78, 5) is 12.1. The third-order valence-electron chi connectivity index (χ3n) is 3.93. The summed E-state index contributed by atoms with van der Waals surface area (Å²) in [6.45, 7) is 3.03. The minimum Gasteiger partial charge on any atom is -0.318 e. The number of nitrogens with one attached hydrogen (secondary N) is 3. The third-order valence-corrected chi connectivity index (χ3v) is 3.93. The van der Waals surface area contributed by atoms with E-state index in [1.165, 1.54) is 26.2 Å². The molecule has 2 aromatic rings. The van der Waals surface area contributed by atoms with Gasteiger partial charge < -0.3 is 5.32 Å². The van der Waals surface area contributed by atoms with Crippen LogP contribution in [0.1, 0.15) is 35.6 Å². The summed E-state index contributed by atoms with van der Waals surface area (Å²) in [6, 6.07) is 0. The van der Waals surface area contributed by atoms with Gasteiger partial charge in [0.25, 0.3) is 11.8 Å². The molecule has 21 heavy (non-hydrogen) atoms. The van der Waals surface area contributed by atoms with Gasteiger partial charge in [-0.05, 0) is 0 Å². The Labute approximate surface area is 119 Å². The number of hydrogen-bond donors (Lipinski definition) is 3. The van der Waals surface area contributed by atoms with Crippen molar-refractivity contribution in [3.05, 3.63) is 29.3 Å². The molecule has 3 rings (SSSR count). The largest absolute Gasteiger partial charge is 0.318 e. The lowest BCUT2D eigenvalue weighted by atomic mass is 9.73. The fourth-order valence-electron chi connectivity index (χ4n) is 2.47. The number of aromatic nitrogens is 4. The van der Waals surface area contributed by atoms with Crippen LogP contribution in [0.3, 0.4) is 0 Å². The van der Waals surface area contributed by atoms with Crippen LogP contribution in [0.25, 0.3) is 0 Å². The number of nitrogens with zero attached hydrogens (tertiary/aromatic N) is 2. The fourth-order valence-corrected chi connectivity index (χ4v) is 2.47. The second-order valence-corrected chi connectivity index (χ2v) is 5.91. The molecule has 1 amide bonds. The molecule has 0 spiro atoms. The van der Waals surface area contributed by atoms with E-state index in [9.17, 15) is 13.6 Å². The van der Waals surface area contributed by atoms with Crippen LogP contribution in [-0.2, 0) is 12.8 Å². The van der Waals surface area contributed by atoms with Crippen LogP contribution in [0, 0.1) is 5.41 Å². The zero-order chi connectivity index (χ0) is 15.3. The first-order chi connectivity index (χ1) is 9.80. The van der Waals surface area contributed by atoms with Crippen molar-refractivity contribution < 1.29 is 13.6 Å². The van der Waals surface area contributed by atoms with Gasteiger partial charge in [0.2, 0.25) is 0 Å². The summed E-state index contributed by atoms with van der Waals surface area (Å²) in [5.74, 6) is -3.40. The van der Waals surface area contributed by atoms with Crippen molar-refractivity contribution in [2.45, 2.75) is 32.6 Å². The van der Waals surface area contributed by atoms with Crippen molar-refractivity contribution in [3.8, 4) is 0 Å². The number of amides is 1. The summed E-state index contributed by atoms with van der Waals surface area (Å²) in [7, 11) is 0. The number of halogens is 2. The molecule has 0 bridgehead atoms. The minimum absolute atomic E-state index is 0.0152. The van der Waals surface area contributed by atoms with Crippen molar-refractivity contribution in [1.82, 2.24) is 20.4 Å². The van der Waals surface area contributed by atoms with E-state index in [4.69, 9.17) is 0 Å². The van der Waals surface area contributed by atoms with Gasteiger partial charge in [0.1, 0.15) is 0 Å². The SMILES string of the molecule is CC1(C)Cc2[nH]nc(C(=O)Nc3cn[nH]c3)c2CC1(F)F. The summed E-state index contributed by atoms with van der Waals surface area (Å²) in [6.07, 6.45) is 2.59. The number of H-pyrrole nitrogens is 2.